The average Bonchev–Trinajstić information content (AvgIpc) is 3.07. The molecule has 4 rings (SSSR count). The van der Waals surface area contributed by atoms with Crippen LogP contribution in [0.15, 0.2) is 28.9 Å². The number of nitrogens with zero attached hydrogens (tertiary/aromatic N) is 4. The Labute approximate surface area is 166 Å². The largest absolute Gasteiger partial charge is 0.424 e. The third kappa shape index (κ3) is 3.74. The molecule has 1 fully saturated rings. The molecular weight excluding hydrogens is 372 g/mol. The van der Waals surface area contributed by atoms with Gasteiger partial charge < -0.3 is 20.8 Å². The van der Waals surface area contributed by atoms with Gasteiger partial charge in [-0.1, -0.05) is 0 Å². The summed E-state index contributed by atoms with van der Waals surface area (Å²) < 4.78 is 5.29. The highest BCUT2D eigenvalue weighted by Crippen LogP contribution is 2.23. The molecule has 1 aliphatic heterocycles. The van der Waals surface area contributed by atoms with Crippen molar-refractivity contribution in [3.8, 4) is 0 Å². The number of nitrogen functional groups attached to an aromatic ring is 2. The number of piperidine rings is 1. The van der Waals surface area contributed by atoms with Gasteiger partial charge in [0.05, 0.1) is 11.8 Å². The van der Waals surface area contributed by atoms with Crippen LogP contribution in [-0.4, -0.2) is 50.6 Å². The van der Waals surface area contributed by atoms with Crippen LogP contribution < -0.4 is 16.8 Å². The van der Waals surface area contributed by atoms with Crippen LogP contribution in [0, 0.1) is 5.41 Å². The van der Waals surface area contributed by atoms with Crippen LogP contribution in [0.2, 0.25) is 0 Å². The predicted molar refractivity (Wildman–Crippen MR) is 108 cm³/mol. The summed E-state index contributed by atoms with van der Waals surface area (Å²) in [4.78, 5) is 26.0. The second-order valence-corrected chi connectivity index (χ2v) is 7.14. The summed E-state index contributed by atoms with van der Waals surface area (Å²) in [7, 11) is 0. The van der Waals surface area contributed by atoms with E-state index in [9.17, 15) is 4.79 Å². The van der Waals surface area contributed by atoms with Gasteiger partial charge in [0.1, 0.15) is 23.2 Å². The Morgan fingerprint density at radius 2 is 2.03 bits per heavy atom. The van der Waals surface area contributed by atoms with Gasteiger partial charge in [0.2, 0.25) is 11.7 Å². The van der Waals surface area contributed by atoms with Gasteiger partial charge in [0.15, 0.2) is 5.58 Å². The molecule has 0 saturated carbocycles. The molecular formula is C19H23N8O2+. The molecule has 0 spiro atoms. The minimum absolute atomic E-state index is 0.0807. The zero-order valence-corrected chi connectivity index (χ0v) is 16.1. The molecule has 1 amide bonds. The van der Waals surface area contributed by atoms with Crippen molar-refractivity contribution in [3.63, 3.8) is 0 Å². The van der Waals surface area contributed by atoms with Gasteiger partial charge in [-0.05, 0) is 18.2 Å². The van der Waals surface area contributed by atoms with Crippen LogP contribution in [0.4, 0.5) is 17.7 Å². The normalized spacial score (nSPS) is 15.0. The van der Waals surface area contributed by atoms with Crippen molar-refractivity contribution in [1.82, 2.24) is 19.9 Å². The molecule has 7 N–H and O–H groups in total. The molecule has 3 aromatic rings. The smallest absolute Gasteiger partial charge is 0.292 e. The summed E-state index contributed by atoms with van der Waals surface area (Å²) in [5.74, 6) is 0.974. The number of amides is 1. The molecule has 0 atom stereocenters. The number of anilines is 2. The second kappa shape index (κ2) is 7.47. The van der Waals surface area contributed by atoms with Gasteiger partial charge in [-0.15, -0.1) is 0 Å². The van der Waals surface area contributed by atoms with Crippen LogP contribution >= 0.6 is 0 Å². The van der Waals surface area contributed by atoms with Crippen molar-refractivity contribution in [1.29, 1.82) is 5.41 Å². The number of carbonyl (C=O) groups is 1. The zero-order valence-electron chi connectivity index (χ0n) is 16.1. The number of hydrogen-bond donors (Lipinski definition) is 4. The molecule has 150 valence electrons. The van der Waals surface area contributed by atoms with E-state index in [2.05, 4.69) is 15.0 Å². The summed E-state index contributed by atoms with van der Waals surface area (Å²) in [5, 5.41) is 10.8. The highest BCUT2D eigenvalue weighted by atomic mass is 16.4. The lowest BCUT2D eigenvalue weighted by Crippen LogP contribution is -2.86. The number of aromatic nitrogens is 3. The van der Waals surface area contributed by atoms with Gasteiger partial charge in [-0.3, -0.25) is 15.5 Å². The Kier molecular flexibility index (Phi) is 4.85. The van der Waals surface area contributed by atoms with Crippen molar-refractivity contribution >= 4 is 40.4 Å². The van der Waals surface area contributed by atoms with Crippen LogP contribution in [0.1, 0.15) is 30.9 Å². The van der Waals surface area contributed by atoms with E-state index in [1.807, 2.05) is 10.2 Å². The molecule has 0 radical (unpaired) electrons. The standard InChI is InChI=1S/C19H22N8O2/c1-10(28)27-6-4-12(5-7-27)25-18-15(17(21)23-9-24-18)16(20)11-2-3-14-13(8-11)26-19(22)29-14/h2-3,8-9,12,20H,4-7H2,1H3,(H2,22,26)(H3,21,23,24,25)/p+1. The number of fused-ring (bicyclic) bond motifs is 1. The molecule has 1 aliphatic rings. The van der Waals surface area contributed by atoms with Gasteiger partial charge in [-0.25, -0.2) is 4.98 Å². The van der Waals surface area contributed by atoms with E-state index in [-0.39, 0.29) is 29.5 Å². The molecule has 0 bridgehead atoms. The lowest BCUT2D eigenvalue weighted by Gasteiger charge is -2.29. The number of likely N-dealkylation sites (tertiary alicyclic amines) is 1. The maximum atomic E-state index is 11.5. The quantitative estimate of drug-likeness (QED) is 0.464. The van der Waals surface area contributed by atoms with Crippen molar-refractivity contribution in [3.05, 3.63) is 35.7 Å². The molecule has 3 heterocycles. The van der Waals surface area contributed by atoms with E-state index in [1.165, 1.54) is 6.33 Å². The first-order valence-corrected chi connectivity index (χ1v) is 9.38. The lowest BCUT2D eigenvalue weighted by molar-refractivity contribution is -0.617. The zero-order chi connectivity index (χ0) is 20.5. The fourth-order valence-electron chi connectivity index (χ4n) is 3.65. The average molecular weight is 395 g/mol. The minimum atomic E-state index is 0.0807. The molecule has 2 aromatic heterocycles. The fourth-order valence-corrected chi connectivity index (χ4v) is 3.65. The Morgan fingerprint density at radius 3 is 2.76 bits per heavy atom. The maximum absolute atomic E-state index is 11.5. The van der Waals surface area contributed by atoms with Gasteiger partial charge in [0, 0.05) is 38.4 Å². The molecule has 0 aliphatic carbocycles. The Hall–Kier alpha value is -3.53. The highest BCUT2D eigenvalue weighted by molar-refractivity contribution is 6.16. The third-order valence-corrected chi connectivity index (χ3v) is 5.23. The number of benzene rings is 1. The lowest BCUT2D eigenvalue weighted by atomic mass is 10.0. The van der Waals surface area contributed by atoms with E-state index in [0.29, 0.717) is 41.1 Å². The van der Waals surface area contributed by atoms with E-state index in [1.54, 1.807) is 25.1 Å². The van der Waals surface area contributed by atoms with Crippen molar-refractivity contribution in [2.24, 2.45) is 0 Å². The first-order chi connectivity index (χ1) is 13.9. The SMILES string of the molecule is CC(=O)N1CCC([NH2+]c2ncnc(N)c2C(=N)c2ccc3oc(N)nc3c2)CC1. The molecule has 10 heteroatoms. The summed E-state index contributed by atoms with van der Waals surface area (Å²) in [6, 6.07) is 5.56. The molecule has 29 heavy (non-hydrogen) atoms. The highest BCUT2D eigenvalue weighted by Gasteiger charge is 2.27. The predicted octanol–water partition coefficient (Wildman–Crippen LogP) is 0.404. The van der Waals surface area contributed by atoms with E-state index < -0.39 is 0 Å². The van der Waals surface area contributed by atoms with E-state index >= 15 is 0 Å². The molecule has 1 saturated heterocycles. The van der Waals surface area contributed by atoms with Crippen molar-refractivity contribution in [2.75, 3.05) is 24.6 Å². The third-order valence-electron chi connectivity index (χ3n) is 5.23. The monoisotopic (exact) mass is 395 g/mol. The number of oxazole rings is 1. The van der Waals surface area contributed by atoms with Gasteiger partial charge in [0.25, 0.3) is 6.01 Å². The summed E-state index contributed by atoms with van der Waals surface area (Å²) >= 11 is 0. The fraction of sp³-hybridized carbons (Fsp3) is 0.316. The number of rotatable bonds is 4. The maximum Gasteiger partial charge on any atom is 0.292 e. The second-order valence-electron chi connectivity index (χ2n) is 7.14. The number of carbonyl (C=O) groups excluding carboxylic acids is 1. The molecule has 0 unspecified atom stereocenters. The number of nitrogens with one attached hydrogen (secondary N) is 1. The Morgan fingerprint density at radius 1 is 1.28 bits per heavy atom. The van der Waals surface area contributed by atoms with Crippen LogP contribution in [-0.2, 0) is 4.79 Å². The van der Waals surface area contributed by atoms with E-state index in [4.69, 9.17) is 21.3 Å². The first kappa shape index (κ1) is 18.8. The van der Waals surface area contributed by atoms with Crippen LogP contribution in [0.3, 0.4) is 0 Å². The van der Waals surface area contributed by atoms with Crippen LogP contribution in [0.25, 0.3) is 11.1 Å². The van der Waals surface area contributed by atoms with E-state index in [0.717, 1.165) is 12.8 Å². The summed E-state index contributed by atoms with van der Waals surface area (Å²) in [6.45, 7) is 3.02. The van der Waals surface area contributed by atoms with Crippen molar-refractivity contribution in [2.45, 2.75) is 25.8 Å². The van der Waals surface area contributed by atoms with Gasteiger partial charge >= 0.3 is 0 Å². The molecule has 10 nitrogen and oxygen atoms in total. The van der Waals surface area contributed by atoms with Crippen molar-refractivity contribution < 1.29 is 14.5 Å². The van der Waals surface area contributed by atoms with Gasteiger partial charge in [-0.2, -0.15) is 9.97 Å². The Bertz CT molecular complexity index is 1090. The first-order valence-electron chi connectivity index (χ1n) is 9.38. The summed E-state index contributed by atoms with van der Waals surface area (Å²) in [6.07, 6.45) is 3.10. The topological polar surface area (TPSA) is 165 Å². The van der Waals surface area contributed by atoms with Crippen LogP contribution in [0.5, 0.6) is 0 Å². The molecule has 1 aromatic carbocycles. The minimum Gasteiger partial charge on any atom is -0.424 e. The number of quaternary nitrogens is 1. The number of hydrogen-bond acceptors (Lipinski definition) is 8. The summed E-state index contributed by atoms with van der Waals surface area (Å²) in [5.41, 5.74) is 14.2. The Balaban J connectivity index is 1.60. The number of nitrogens with two attached hydrogens (primary N) is 3.